The van der Waals surface area contributed by atoms with Crippen LogP contribution < -0.4 is 15.5 Å². The number of hydrogen-bond donors (Lipinski definition) is 2. The number of carbonyl (C=O) groups excluding carboxylic acids is 1. The molecule has 0 spiro atoms. The van der Waals surface area contributed by atoms with Crippen LogP contribution in [0.3, 0.4) is 0 Å². The van der Waals surface area contributed by atoms with E-state index in [4.69, 9.17) is 23.2 Å². The molecule has 0 unspecified atom stereocenters. The number of piperazine rings is 1. The van der Waals surface area contributed by atoms with Gasteiger partial charge < -0.3 is 15.1 Å². The van der Waals surface area contributed by atoms with Crippen molar-refractivity contribution in [2.24, 2.45) is 0 Å². The van der Waals surface area contributed by atoms with Gasteiger partial charge in [-0.2, -0.15) is 0 Å². The van der Waals surface area contributed by atoms with E-state index in [1.54, 1.807) is 34.9 Å². The van der Waals surface area contributed by atoms with Crippen LogP contribution in [-0.2, 0) is 30.7 Å². The van der Waals surface area contributed by atoms with E-state index in [-0.39, 0.29) is 5.91 Å². The summed E-state index contributed by atoms with van der Waals surface area (Å²) in [6.07, 6.45) is 3.31. The van der Waals surface area contributed by atoms with Crippen LogP contribution in [0.15, 0.2) is 71.6 Å². The summed E-state index contributed by atoms with van der Waals surface area (Å²) >= 11 is 16.0. The first-order valence-electron chi connectivity index (χ1n) is 13.5. The summed E-state index contributed by atoms with van der Waals surface area (Å²) in [7, 11) is 0. The topological polar surface area (TPSA) is 60.5 Å². The molecule has 210 valence electrons. The van der Waals surface area contributed by atoms with Crippen LogP contribution in [0.25, 0.3) is 0 Å². The molecule has 2 N–H and O–H groups in total. The zero-order valence-corrected chi connectivity index (χ0v) is 25.3. The molecule has 0 saturated carbocycles. The molecular weight excluding hydrogens is 581 g/mol. The zero-order chi connectivity index (χ0) is 27.7. The Kier molecular flexibility index (Phi) is 10.5. The SMILES string of the molecule is O=C([C@@H](Cc1ccc(Cl)cc1Cl)NCc1nccs1)N1CCN(c2ccccc2CNCCc2cccs2)CC1. The van der Waals surface area contributed by atoms with E-state index in [1.807, 2.05) is 22.4 Å². The van der Waals surface area contributed by atoms with Crippen molar-refractivity contribution in [2.75, 3.05) is 37.6 Å². The molecule has 6 nitrogen and oxygen atoms in total. The van der Waals surface area contributed by atoms with Gasteiger partial charge in [-0.15, -0.1) is 22.7 Å². The van der Waals surface area contributed by atoms with Crippen LogP contribution in [0.2, 0.25) is 10.0 Å². The number of aromatic nitrogens is 1. The average molecular weight is 615 g/mol. The Morgan fingerprint density at radius 2 is 1.80 bits per heavy atom. The lowest BCUT2D eigenvalue weighted by atomic mass is 10.0. The van der Waals surface area contributed by atoms with E-state index < -0.39 is 6.04 Å². The molecule has 0 radical (unpaired) electrons. The summed E-state index contributed by atoms with van der Waals surface area (Å²) < 4.78 is 0. The maximum absolute atomic E-state index is 13.8. The van der Waals surface area contributed by atoms with Gasteiger partial charge in [0.2, 0.25) is 5.91 Å². The molecule has 0 aliphatic carbocycles. The summed E-state index contributed by atoms with van der Waals surface area (Å²) in [5.74, 6) is 0.0887. The van der Waals surface area contributed by atoms with Crippen molar-refractivity contribution < 1.29 is 4.79 Å². The highest BCUT2D eigenvalue weighted by molar-refractivity contribution is 7.10. The van der Waals surface area contributed by atoms with Crippen molar-refractivity contribution in [1.82, 2.24) is 20.5 Å². The van der Waals surface area contributed by atoms with Crippen molar-refractivity contribution in [3.05, 3.63) is 103 Å². The van der Waals surface area contributed by atoms with Gasteiger partial charge in [-0.3, -0.25) is 10.1 Å². The third-order valence-electron chi connectivity index (χ3n) is 7.09. The van der Waals surface area contributed by atoms with Gasteiger partial charge in [-0.1, -0.05) is 53.5 Å². The molecule has 40 heavy (non-hydrogen) atoms. The van der Waals surface area contributed by atoms with Crippen molar-refractivity contribution in [3.8, 4) is 0 Å². The van der Waals surface area contributed by atoms with Crippen LogP contribution in [-0.4, -0.2) is 54.6 Å². The van der Waals surface area contributed by atoms with E-state index in [0.29, 0.717) is 36.1 Å². The molecule has 2 aromatic carbocycles. The predicted molar refractivity (Wildman–Crippen MR) is 168 cm³/mol. The van der Waals surface area contributed by atoms with E-state index in [0.717, 1.165) is 43.2 Å². The number of anilines is 1. The van der Waals surface area contributed by atoms with E-state index in [9.17, 15) is 4.79 Å². The summed E-state index contributed by atoms with van der Waals surface area (Å²) in [5, 5.41) is 13.2. The van der Waals surface area contributed by atoms with Crippen molar-refractivity contribution in [3.63, 3.8) is 0 Å². The third kappa shape index (κ3) is 7.84. The fourth-order valence-corrected chi connectivity index (χ4v) is 6.71. The molecule has 1 fully saturated rings. The fraction of sp³-hybridized carbons (Fsp3) is 0.333. The van der Waals surface area contributed by atoms with Crippen molar-refractivity contribution in [2.45, 2.75) is 32.0 Å². The molecule has 3 heterocycles. The standard InChI is InChI=1S/C30H33Cl2N5OS2/c31-24-8-7-22(26(32)19-24)18-27(35-21-29-34-11-17-40-29)30(38)37-14-12-36(13-15-37)28-6-2-1-4-23(28)20-33-10-9-25-5-3-16-39-25/h1-8,11,16-17,19,27,33,35H,9-10,12-15,18,20-21H2/t27-/m1/s1. The lowest BCUT2D eigenvalue weighted by Gasteiger charge is -2.38. The Morgan fingerprint density at radius 1 is 0.950 bits per heavy atom. The molecule has 1 aliphatic heterocycles. The molecule has 2 aromatic heterocycles. The fourth-order valence-electron chi connectivity index (χ4n) is 4.95. The largest absolute Gasteiger partial charge is 0.368 e. The van der Waals surface area contributed by atoms with Gasteiger partial charge in [-0.25, -0.2) is 4.98 Å². The first kappa shape index (κ1) is 29.0. The Bertz CT molecular complexity index is 1360. The highest BCUT2D eigenvalue weighted by Gasteiger charge is 2.29. The van der Waals surface area contributed by atoms with Gasteiger partial charge in [0, 0.05) is 78.0 Å². The number of nitrogens with zero attached hydrogens (tertiary/aromatic N) is 3. The number of rotatable bonds is 12. The number of halogens is 2. The number of para-hydroxylation sites is 1. The smallest absolute Gasteiger partial charge is 0.240 e. The van der Waals surface area contributed by atoms with Gasteiger partial charge in [0.1, 0.15) is 5.01 Å². The molecule has 1 amide bonds. The van der Waals surface area contributed by atoms with E-state index in [2.05, 4.69) is 62.3 Å². The zero-order valence-electron chi connectivity index (χ0n) is 22.2. The van der Waals surface area contributed by atoms with Gasteiger partial charge in [0.05, 0.1) is 6.04 Å². The highest BCUT2D eigenvalue weighted by atomic mass is 35.5. The van der Waals surface area contributed by atoms with Gasteiger partial charge in [0.15, 0.2) is 0 Å². The van der Waals surface area contributed by atoms with Gasteiger partial charge in [-0.05, 0) is 53.6 Å². The minimum absolute atomic E-state index is 0.0887. The molecule has 0 bridgehead atoms. The minimum atomic E-state index is -0.408. The number of thiophene rings is 1. The maximum Gasteiger partial charge on any atom is 0.240 e. The Balaban J connectivity index is 1.19. The number of thiazole rings is 1. The average Bonchev–Trinajstić information content (AvgIpc) is 3.69. The quantitative estimate of drug-likeness (QED) is 0.195. The van der Waals surface area contributed by atoms with Crippen molar-refractivity contribution >= 4 is 57.5 Å². The third-order valence-corrected chi connectivity index (χ3v) is 9.39. The molecule has 10 heteroatoms. The number of nitrogens with one attached hydrogen (secondary N) is 2. The molecule has 1 saturated heterocycles. The number of hydrogen-bond acceptors (Lipinski definition) is 7. The molecule has 5 rings (SSSR count). The van der Waals surface area contributed by atoms with Gasteiger partial charge in [0.25, 0.3) is 0 Å². The Morgan fingerprint density at radius 3 is 2.55 bits per heavy atom. The van der Waals surface area contributed by atoms with E-state index >= 15 is 0 Å². The second-order valence-electron chi connectivity index (χ2n) is 9.75. The summed E-state index contributed by atoms with van der Waals surface area (Å²) in [6, 6.07) is 17.9. The van der Waals surface area contributed by atoms with Crippen LogP contribution in [0.4, 0.5) is 5.69 Å². The van der Waals surface area contributed by atoms with Crippen molar-refractivity contribution in [1.29, 1.82) is 0 Å². The second-order valence-corrected chi connectivity index (χ2v) is 12.6. The minimum Gasteiger partial charge on any atom is -0.368 e. The van der Waals surface area contributed by atoms with E-state index in [1.165, 1.54) is 16.1 Å². The monoisotopic (exact) mass is 613 g/mol. The Labute approximate surface area is 253 Å². The van der Waals surface area contributed by atoms with Crippen LogP contribution >= 0.6 is 45.9 Å². The Hall–Kier alpha value is -2.46. The number of benzene rings is 2. The predicted octanol–water partition coefficient (Wildman–Crippen LogP) is 5.89. The summed E-state index contributed by atoms with van der Waals surface area (Å²) in [4.78, 5) is 23.9. The summed E-state index contributed by atoms with van der Waals surface area (Å²) in [6.45, 7) is 5.23. The first-order valence-corrected chi connectivity index (χ1v) is 16.0. The molecule has 1 aliphatic rings. The normalized spacial score (nSPS) is 14.4. The molecule has 1 atom stereocenters. The molecule has 4 aromatic rings. The number of carbonyl (C=O) groups is 1. The maximum atomic E-state index is 13.8. The van der Waals surface area contributed by atoms with Crippen LogP contribution in [0, 0.1) is 0 Å². The second kappa shape index (κ2) is 14.4. The number of amides is 1. The molecular formula is C30H33Cl2N5OS2. The lowest BCUT2D eigenvalue weighted by Crippen LogP contribution is -2.54. The van der Waals surface area contributed by atoms with Crippen LogP contribution in [0.1, 0.15) is 21.0 Å². The highest BCUT2D eigenvalue weighted by Crippen LogP contribution is 2.25. The first-order chi connectivity index (χ1) is 19.6. The lowest BCUT2D eigenvalue weighted by molar-refractivity contribution is -0.133. The summed E-state index contributed by atoms with van der Waals surface area (Å²) in [5.41, 5.74) is 3.42. The van der Waals surface area contributed by atoms with Gasteiger partial charge >= 0.3 is 0 Å². The van der Waals surface area contributed by atoms with Crippen LogP contribution in [0.5, 0.6) is 0 Å².